The molecule has 5 heteroatoms. The number of H-pyrrole nitrogens is 1. The maximum absolute atomic E-state index is 11.7. The lowest BCUT2D eigenvalue weighted by atomic mass is 9.88. The standard InChI is InChI=1S/C15H17N3O2/c1-2-20-15(19)11-5-3-10(4-6-11)13-9-17-14-12(18-13)7-8-16-14/h3,7-9,11H,2,4-6H2,1H3,(H,16,17). The number of nitrogens with zero attached hydrogens (tertiary/aromatic N) is 2. The van der Waals surface area contributed by atoms with Crippen LogP contribution in [-0.2, 0) is 9.53 Å². The van der Waals surface area contributed by atoms with Crippen molar-refractivity contribution in [1.82, 2.24) is 15.0 Å². The van der Waals surface area contributed by atoms with E-state index in [2.05, 4.69) is 21.0 Å². The lowest BCUT2D eigenvalue weighted by Crippen LogP contribution is -2.19. The van der Waals surface area contributed by atoms with Crippen molar-refractivity contribution >= 4 is 22.7 Å². The first-order valence-electron chi connectivity index (χ1n) is 6.94. The smallest absolute Gasteiger partial charge is 0.309 e. The molecule has 0 saturated heterocycles. The molecule has 2 heterocycles. The van der Waals surface area contributed by atoms with Gasteiger partial charge in [-0.05, 0) is 37.8 Å². The number of rotatable bonds is 3. The first-order valence-corrected chi connectivity index (χ1v) is 6.94. The van der Waals surface area contributed by atoms with E-state index in [1.807, 2.05) is 19.2 Å². The Hall–Kier alpha value is -2.17. The Morgan fingerprint density at radius 3 is 3.20 bits per heavy atom. The second kappa shape index (κ2) is 5.45. The number of aromatic nitrogens is 3. The molecule has 0 radical (unpaired) electrons. The molecule has 0 aromatic carbocycles. The molecule has 1 aliphatic carbocycles. The molecule has 0 spiro atoms. The zero-order chi connectivity index (χ0) is 13.9. The minimum Gasteiger partial charge on any atom is -0.466 e. The topological polar surface area (TPSA) is 67.9 Å². The van der Waals surface area contributed by atoms with Gasteiger partial charge in [-0.1, -0.05) is 6.08 Å². The highest BCUT2D eigenvalue weighted by Crippen LogP contribution is 2.30. The van der Waals surface area contributed by atoms with Gasteiger partial charge in [0.15, 0.2) is 5.65 Å². The molecule has 1 unspecified atom stereocenters. The van der Waals surface area contributed by atoms with Crippen LogP contribution in [0.25, 0.3) is 16.7 Å². The first-order chi connectivity index (χ1) is 9.78. The maximum atomic E-state index is 11.7. The molecular formula is C15H17N3O2. The van der Waals surface area contributed by atoms with Crippen molar-refractivity contribution in [3.05, 3.63) is 30.2 Å². The van der Waals surface area contributed by atoms with E-state index in [4.69, 9.17) is 4.74 Å². The Kier molecular flexibility index (Phi) is 3.50. The van der Waals surface area contributed by atoms with Crippen LogP contribution in [0, 0.1) is 5.92 Å². The van der Waals surface area contributed by atoms with E-state index < -0.39 is 0 Å². The number of aromatic amines is 1. The number of ether oxygens (including phenoxy) is 1. The zero-order valence-corrected chi connectivity index (χ0v) is 11.4. The normalized spacial score (nSPS) is 18.9. The van der Waals surface area contributed by atoms with E-state index >= 15 is 0 Å². The maximum Gasteiger partial charge on any atom is 0.309 e. The number of esters is 1. The SMILES string of the molecule is CCOC(=O)C1CC=C(c2cnc3[nH]ccc3n2)CC1. The van der Waals surface area contributed by atoms with Gasteiger partial charge in [0.25, 0.3) is 0 Å². The minimum absolute atomic E-state index is 0.0114. The third-order valence-corrected chi connectivity index (χ3v) is 3.62. The van der Waals surface area contributed by atoms with Crippen LogP contribution in [0.4, 0.5) is 0 Å². The Morgan fingerprint density at radius 2 is 2.45 bits per heavy atom. The molecule has 1 aliphatic rings. The summed E-state index contributed by atoms with van der Waals surface area (Å²) in [5, 5.41) is 0. The lowest BCUT2D eigenvalue weighted by molar-refractivity contribution is -0.148. The predicted molar refractivity (Wildman–Crippen MR) is 75.8 cm³/mol. The molecule has 2 aromatic heterocycles. The molecule has 0 amide bonds. The van der Waals surface area contributed by atoms with Gasteiger partial charge in [-0.2, -0.15) is 0 Å². The lowest BCUT2D eigenvalue weighted by Gasteiger charge is -2.20. The Labute approximate surface area is 117 Å². The molecule has 0 fully saturated rings. The van der Waals surface area contributed by atoms with Crippen LogP contribution in [0.2, 0.25) is 0 Å². The average Bonchev–Trinajstić information content (AvgIpc) is 2.95. The molecule has 5 nitrogen and oxygen atoms in total. The summed E-state index contributed by atoms with van der Waals surface area (Å²) in [6.07, 6.45) is 8.09. The number of carbonyl (C=O) groups excluding carboxylic acids is 1. The summed E-state index contributed by atoms with van der Waals surface area (Å²) in [4.78, 5) is 23.7. The Morgan fingerprint density at radius 1 is 1.55 bits per heavy atom. The number of hydrogen-bond acceptors (Lipinski definition) is 4. The van der Waals surface area contributed by atoms with Crippen LogP contribution in [0.3, 0.4) is 0 Å². The van der Waals surface area contributed by atoms with E-state index in [-0.39, 0.29) is 11.9 Å². The predicted octanol–water partition coefficient (Wildman–Crippen LogP) is 2.70. The van der Waals surface area contributed by atoms with Crippen LogP contribution < -0.4 is 0 Å². The van der Waals surface area contributed by atoms with Crippen molar-refractivity contribution in [2.45, 2.75) is 26.2 Å². The van der Waals surface area contributed by atoms with Crippen molar-refractivity contribution in [2.75, 3.05) is 6.61 Å². The number of allylic oxidation sites excluding steroid dienone is 2. The quantitative estimate of drug-likeness (QED) is 0.871. The highest BCUT2D eigenvalue weighted by molar-refractivity contribution is 5.77. The molecule has 0 aliphatic heterocycles. The van der Waals surface area contributed by atoms with Crippen molar-refractivity contribution in [2.24, 2.45) is 5.92 Å². The van der Waals surface area contributed by atoms with Crippen molar-refractivity contribution in [3.8, 4) is 0 Å². The summed E-state index contributed by atoms with van der Waals surface area (Å²) in [6.45, 7) is 2.28. The Balaban J connectivity index is 1.77. The minimum atomic E-state index is -0.0880. The fourth-order valence-corrected chi connectivity index (χ4v) is 2.53. The summed E-state index contributed by atoms with van der Waals surface area (Å²) in [6, 6.07) is 1.91. The van der Waals surface area contributed by atoms with E-state index in [1.54, 1.807) is 6.20 Å². The second-order valence-electron chi connectivity index (χ2n) is 4.92. The third kappa shape index (κ3) is 2.43. The van der Waals surface area contributed by atoms with Gasteiger partial charge in [0.1, 0.15) is 5.52 Å². The summed E-state index contributed by atoms with van der Waals surface area (Å²) in [7, 11) is 0. The monoisotopic (exact) mass is 271 g/mol. The second-order valence-corrected chi connectivity index (χ2v) is 4.92. The fourth-order valence-electron chi connectivity index (χ4n) is 2.53. The highest BCUT2D eigenvalue weighted by Gasteiger charge is 2.23. The molecule has 1 N–H and O–H groups in total. The van der Waals surface area contributed by atoms with Crippen LogP contribution >= 0.6 is 0 Å². The molecule has 0 bridgehead atoms. The van der Waals surface area contributed by atoms with Crippen molar-refractivity contribution < 1.29 is 9.53 Å². The molecule has 3 rings (SSSR count). The number of hydrogen-bond donors (Lipinski definition) is 1. The van der Waals surface area contributed by atoms with Crippen LogP contribution in [0.5, 0.6) is 0 Å². The van der Waals surface area contributed by atoms with E-state index in [9.17, 15) is 4.79 Å². The molecule has 104 valence electrons. The van der Waals surface area contributed by atoms with Gasteiger partial charge >= 0.3 is 5.97 Å². The summed E-state index contributed by atoms with van der Waals surface area (Å²) in [5.41, 5.74) is 3.74. The number of fused-ring (bicyclic) bond motifs is 1. The molecular weight excluding hydrogens is 254 g/mol. The fraction of sp³-hybridized carbons (Fsp3) is 0.400. The van der Waals surface area contributed by atoms with Gasteiger partial charge in [-0.25, -0.2) is 9.97 Å². The summed E-state index contributed by atoms with van der Waals surface area (Å²) < 4.78 is 5.07. The van der Waals surface area contributed by atoms with Crippen LogP contribution in [-0.4, -0.2) is 27.5 Å². The van der Waals surface area contributed by atoms with Gasteiger partial charge in [-0.15, -0.1) is 0 Å². The summed E-state index contributed by atoms with van der Waals surface area (Å²) in [5.74, 6) is -0.0994. The van der Waals surface area contributed by atoms with Crippen LogP contribution in [0.15, 0.2) is 24.5 Å². The van der Waals surface area contributed by atoms with Crippen molar-refractivity contribution in [3.63, 3.8) is 0 Å². The largest absolute Gasteiger partial charge is 0.466 e. The Bertz CT molecular complexity index is 660. The average molecular weight is 271 g/mol. The van der Waals surface area contributed by atoms with E-state index in [0.717, 1.165) is 36.1 Å². The first kappa shape index (κ1) is 12.8. The third-order valence-electron chi connectivity index (χ3n) is 3.62. The van der Waals surface area contributed by atoms with Crippen molar-refractivity contribution in [1.29, 1.82) is 0 Å². The highest BCUT2D eigenvalue weighted by atomic mass is 16.5. The molecule has 2 aromatic rings. The number of nitrogens with one attached hydrogen (secondary N) is 1. The van der Waals surface area contributed by atoms with Gasteiger partial charge in [0, 0.05) is 6.20 Å². The zero-order valence-electron chi connectivity index (χ0n) is 11.4. The van der Waals surface area contributed by atoms with Gasteiger partial charge < -0.3 is 9.72 Å². The molecule has 20 heavy (non-hydrogen) atoms. The van der Waals surface area contributed by atoms with Gasteiger partial charge in [0.2, 0.25) is 0 Å². The van der Waals surface area contributed by atoms with Crippen LogP contribution in [0.1, 0.15) is 31.9 Å². The summed E-state index contributed by atoms with van der Waals surface area (Å²) >= 11 is 0. The van der Waals surface area contributed by atoms with Gasteiger partial charge in [0.05, 0.1) is 24.4 Å². The van der Waals surface area contributed by atoms with Gasteiger partial charge in [-0.3, -0.25) is 4.79 Å². The van der Waals surface area contributed by atoms with E-state index in [0.29, 0.717) is 6.61 Å². The number of carbonyl (C=O) groups is 1. The molecule has 1 atom stereocenters. The van der Waals surface area contributed by atoms with E-state index in [1.165, 1.54) is 5.57 Å². The molecule has 0 saturated carbocycles.